The summed E-state index contributed by atoms with van der Waals surface area (Å²) in [6.07, 6.45) is 0. The Morgan fingerprint density at radius 1 is 1.42 bits per heavy atom. The van der Waals surface area contributed by atoms with Crippen molar-refractivity contribution in [1.29, 1.82) is 0 Å². The third-order valence-electron chi connectivity index (χ3n) is 3.35. The van der Waals surface area contributed by atoms with Gasteiger partial charge in [0.1, 0.15) is 0 Å². The normalized spacial score (nSPS) is 16.1. The highest BCUT2D eigenvalue weighted by Gasteiger charge is 2.28. The third-order valence-corrected chi connectivity index (χ3v) is 4.36. The number of carbonyl (C=O) groups excluding carboxylic acids is 1. The number of hydrogen-bond acceptors (Lipinski definition) is 3. The van der Waals surface area contributed by atoms with Gasteiger partial charge in [0.25, 0.3) is 0 Å². The minimum atomic E-state index is 0. The van der Waals surface area contributed by atoms with Crippen molar-refractivity contribution in [2.75, 3.05) is 25.4 Å². The van der Waals surface area contributed by atoms with Crippen molar-refractivity contribution in [2.24, 2.45) is 11.8 Å². The number of halogens is 1. The van der Waals surface area contributed by atoms with Gasteiger partial charge in [0, 0.05) is 23.1 Å². The van der Waals surface area contributed by atoms with Crippen LogP contribution in [0.5, 0.6) is 0 Å². The molecular formula is C14H21ClN2OS. The Kier molecular flexibility index (Phi) is 7.28. The van der Waals surface area contributed by atoms with E-state index in [0.717, 1.165) is 25.4 Å². The highest BCUT2D eigenvalue weighted by molar-refractivity contribution is 7.99. The molecule has 1 aliphatic heterocycles. The molecule has 0 aromatic heterocycles. The van der Waals surface area contributed by atoms with E-state index in [0.29, 0.717) is 5.92 Å². The molecule has 2 rings (SSSR count). The van der Waals surface area contributed by atoms with E-state index in [2.05, 4.69) is 22.8 Å². The minimum absolute atomic E-state index is 0. The SMILES string of the molecule is CC(C(=O)NCCSc1ccccc1)C1CNC1.Cl. The molecule has 3 nitrogen and oxygen atoms in total. The van der Waals surface area contributed by atoms with Gasteiger partial charge in [0.2, 0.25) is 5.91 Å². The molecule has 1 aliphatic rings. The summed E-state index contributed by atoms with van der Waals surface area (Å²) in [4.78, 5) is 13.1. The second-order valence-electron chi connectivity index (χ2n) is 4.66. The zero-order valence-corrected chi connectivity index (χ0v) is 12.7. The molecule has 1 heterocycles. The molecule has 0 spiro atoms. The second kappa shape index (κ2) is 8.46. The number of hydrogen-bond donors (Lipinski definition) is 2. The second-order valence-corrected chi connectivity index (χ2v) is 5.83. The Morgan fingerprint density at radius 2 is 2.11 bits per heavy atom. The number of amides is 1. The van der Waals surface area contributed by atoms with Crippen LogP contribution >= 0.6 is 24.2 Å². The van der Waals surface area contributed by atoms with E-state index < -0.39 is 0 Å². The van der Waals surface area contributed by atoms with Crippen molar-refractivity contribution >= 4 is 30.1 Å². The predicted molar refractivity (Wildman–Crippen MR) is 82.9 cm³/mol. The minimum Gasteiger partial charge on any atom is -0.355 e. The van der Waals surface area contributed by atoms with Gasteiger partial charge in [-0.3, -0.25) is 4.79 Å². The Labute approximate surface area is 125 Å². The van der Waals surface area contributed by atoms with Crippen molar-refractivity contribution in [3.63, 3.8) is 0 Å². The molecule has 1 aromatic carbocycles. The highest BCUT2D eigenvalue weighted by Crippen LogP contribution is 2.17. The molecule has 5 heteroatoms. The van der Waals surface area contributed by atoms with Gasteiger partial charge in [-0.25, -0.2) is 0 Å². The molecule has 2 N–H and O–H groups in total. The fourth-order valence-electron chi connectivity index (χ4n) is 1.90. The van der Waals surface area contributed by atoms with Crippen molar-refractivity contribution in [3.8, 4) is 0 Å². The van der Waals surface area contributed by atoms with E-state index in [4.69, 9.17) is 0 Å². The van der Waals surface area contributed by atoms with E-state index in [1.807, 2.05) is 25.1 Å². The maximum atomic E-state index is 11.8. The van der Waals surface area contributed by atoms with Crippen LogP contribution in [0.15, 0.2) is 35.2 Å². The average Bonchev–Trinajstić information content (AvgIpc) is 2.33. The highest BCUT2D eigenvalue weighted by atomic mass is 35.5. The standard InChI is InChI=1S/C14H20N2OS.ClH/c1-11(12-9-15-10-12)14(17)16-7-8-18-13-5-3-2-4-6-13;/h2-6,11-12,15H,7-10H2,1H3,(H,16,17);1H. The van der Waals surface area contributed by atoms with Crippen LogP contribution in [-0.4, -0.2) is 31.3 Å². The summed E-state index contributed by atoms with van der Waals surface area (Å²) in [5, 5.41) is 6.22. The van der Waals surface area contributed by atoms with Gasteiger partial charge in [0.15, 0.2) is 0 Å². The van der Waals surface area contributed by atoms with Crippen LogP contribution in [0.2, 0.25) is 0 Å². The molecule has 1 atom stereocenters. The Balaban J connectivity index is 0.00000180. The lowest BCUT2D eigenvalue weighted by Crippen LogP contribution is -2.49. The Morgan fingerprint density at radius 3 is 2.68 bits per heavy atom. The van der Waals surface area contributed by atoms with Crippen LogP contribution in [0.3, 0.4) is 0 Å². The predicted octanol–water partition coefficient (Wildman–Crippen LogP) is 2.17. The topological polar surface area (TPSA) is 41.1 Å². The lowest BCUT2D eigenvalue weighted by Gasteiger charge is -2.31. The van der Waals surface area contributed by atoms with E-state index in [1.165, 1.54) is 4.90 Å². The lowest BCUT2D eigenvalue weighted by molar-refractivity contribution is -0.126. The van der Waals surface area contributed by atoms with E-state index in [-0.39, 0.29) is 24.2 Å². The molecule has 1 saturated heterocycles. The van der Waals surface area contributed by atoms with Crippen molar-refractivity contribution in [2.45, 2.75) is 11.8 Å². The van der Waals surface area contributed by atoms with Crippen LogP contribution in [0.25, 0.3) is 0 Å². The number of thioether (sulfide) groups is 1. The zero-order valence-electron chi connectivity index (χ0n) is 11.1. The molecule has 1 unspecified atom stereocenters. The number of benzene rings is 1. The molecular weight excluding hydrogens is 280 g/mol. The lowest BCUT2D eigenvalue weighted by atomic mass is 9.88. The average molecular weight is 301 g/mol. The molecule has 0 saturated carbocycles. The molecule has 19 heavy (non-hydrogen) atoms. The van der Waals surface area contributed by atoms with E-state index in [9.17, 15) is 4.79 Å². The quantitative estimate of drug-likeness (QED) is 0.625. The molecule has 0 aliphatic carbocycles. The third kappa shape index (κ3) is 5.05. The first-order valence-corrected chi connectivity index (χ1v) is 7.42. The molecule has 1 aromatic rings. The first-order valence-electron chi connectivity index (χ1n) is 6.43. The molecule has 0 bridgehead atoms. The van der Waals surface area contributed by atoms with Crippen molar-refractivity contribution in [3.05, 3.63) is 30.3 Å². The summed E-state index contributed by atoms with van der Waals surface area (Å²) < 4.78 is 0. The Bertz CT molecular complexity index is 384. The molecule has 1 amide bonds. The molecule has 106 valence electrons. The van der Waals surface area contributed by atoms with Crippen LogP contribution < -0.4 is 10.6 Å². The first-order chi connectivity index (χ1) is 8.77. The van der Waals surface area contributed by atoms with Crippen LogP contribution in [0.1, 0.15) is 6.92 Å². The van der Waals surface area contributed by atoms with Gasteiger partial charge >= 0.3 is 0 Å². The van der Waals surface area contributed by atoms with Crippen LogP contribution in [-0.2, 0) is 4.79 Å². The molecule has 1 fully saturated rings. The first kappa shape index (κ1) is 16.3. The summed E-state index contributed by atoms with van der Waals surface area (Å²) in [5.74, 6) is 1.76. The summed E-state index contributed by atoms with van der Waals surface area (Å²) in [6, 6.07) is 10.3. The van der Waals surface area contributed by atoms with Crippen molar-refractivity contribution in [1.82, 2.24) is 10.6 Å². The number of nitrogens with one attached hydrogen (secondary N) is 2. The summed E-state index contributed by atoms with van der Waals surface area (Å²) in [5.41, 5.74) is 0. The largest absolute Gasteiger partial charge is 0.355 e. The summed E-state index contributed by atoms with van der Waals surface area (Å²) in [6.45, 7) is 4.72. The Hall–Kier alpha value is -0.710. The molecule has 0 radical (unpaired) electrons. The van der Waals surface area contributed by atoms with E-state index >= 15 is 0 Å². The van der Waals surface area contributed by atoms with Gasteiger partial charge in [-0.15, -0.1) is 24.2 Å². The maximum absolute atomic E-state index is 11.8. The van der Waals surface area contributed by atoms with Gasteiger partial charge in [0.05, 0.1) is 0 Å². The zero-order chi connectivity index (χ0) is 12.8. The number of rotatable bonds is 6. The smallest absolute Gasteiger partial charge is 0.223 e. The van der Waals surface area contributed by atoms with Gasteiger partial charge in [-0.2, -0.15) is 0 Å². The maximum Gasteiger partial charge on any atom is 0.223 e. The monoisotopic (exact) mass is 300 g/mol. The van der Waals surface area contributed by atoms with E-state index in [1.54, 1.807) is 11.8 Å². The fraction of sp³-hybridized carbons (Fsp3) is 0.500. The summed E-state index contributed by atoms with van der Waals surface area (Å²) >= 11 is 1.78. The van der Waals surface area contributed by atoms with Gasteiger partial charge in [-0.1, -0.05) is 25.1 Å². The van der Waals surface area contributed by atoms with Crippen LogP contribution in [0, 0.1) is 11.8 Å². The van der Waals surface area contributed by atoms with Gasteiger partial charge < -0.3 is 10.6 Å². The fourth-order valence-corrected chi connectivity index (χ4v) is 2.69. The van der Waals surface area contributed by atoms with Crippen LogP contribution in [0.4, 0.5) is 0 Å². The van der Waals surface area contributed by atoms with Gasteiger partial charge in [-0.05, 0) is 31.1 Å². The summed E-state index contributed by atoms with van der Waals surface area (Å²) in [7, 11) is 0. The van der Waals surface area contributed by atoms with Crippen molar-refractivity contribution < 1.29 is 4.79 Å². The number of carbonyl (C=O) groups is 1.